The van der Waals surface area contributed by atoms with Crippen LogP contribution in [0.1, 0.15) is 18.1 Å². The van der Waals surface area contributed by atoms with E-state index < -0.39 is 0 Å². The van der Waals surface area contributed by atoms with Gasteiger partial charge in [0.25, 0.3) is 0 Å². The van der Waals surface area contributed by atoms with Crippen molar-refractivity contribution >= 4 is 16.9 Å². The molecule has 0 radical (unpaired) electrons. The Morgan fingerprint density at radius 2 is 2.25 bits per heavy atom. The first kappa shape index (κ1) is 12.7. The van der Waals surface area contributed by atoms with Crippen molar-refractivity contribution in [1.29, 1.82) is 0 Å². The van der Waals surface area contributed by atoms with Crippen LogP contribution < -0.4 is 4.74 Å². The average Bonchev–Trinajstić information content (AvgIpc) is 2.25. The minimum absolute atomic E-state index is 0.0979. The third-order valence-corrected chi connectivity index (χ3v) is 2.70. The molecule has 0 aromatic heterocycles. The van der Waals surface area contributed by atoms with Crippen LogP contribution in [0.5, 0.6) is 5.75 Å². The molecule has 0 spiro atoms. The standard InChI is InChI=1S/C13H14O2S/c1-10-9-13(15-3)7-6-12(10)5-4-8-16-11(2)14/h6-7,9H,8H2,1-3H3. The molecule has 0 aliphatic heterocycles. The Labute approximate surface area is 100 Å². The Kier molecular flexibility index (Phi) is 4.94. The number of aryl methyl sites for hydroxylation is 1. The molecule has 16 heavy (non-hydrogen) atoms. The lowest BCUT2D eigenvalue weighted by Crippen LogP contribution is -1.87. The van der Waals surface area contributed by atoms with Gasteiger partial charge in [-0.05, 0) is 30.7 Å². The first-order valence-corrected chi connectivity index (χ1v) is 5.89. The van der Waals surface area contributed by atoms with Gasteiger partial charge in [-0.15, -0.1) is 0 Å². The molecule has 1 aromatic carbocycles. The molecule has 1 aromatic rings. The number of carbonyl (C=O) groups is 1. The van der Waals surface area contributed by atoms with Gasteiger partial charge in [0.2, 0.25) is 0 Å². The smallest absolute Gasteiger partial charge is 0.186 e. The van der Waals surface area contributed by atoms with Crippen molar-refractivity contribution in [2.24, 2.45) is 0 Å². The second-order valence-electron chi connectivity index (χ2n) is 3.26. The van der Waals surface area contributed by atoms with E-state index in [1.165, 1.54) is 11.8 Å². The zero-order valence-corrected chi connectivity index (χ0v) is 10.5. The molecule has 0 saturated carbocycles. The summed E-state index contributed by atoms with van der Waals surface area (Å²) in [4.78, 5) is 10.7. The second kappa shape index (κ2) is 6.24. The maximum atomic E-state index is 10.7. The van der Waals surface area contributed by atoms with Crippen LogP contribution in [-0.4, -0.2) is 18.0 Å². The van der Waals surface area contributed by atoms with Crippen LogP contribution in [0.4, 0.5) is 0 Å². The van der Waals surface area contributed by atoms with Crippen molar-refractivity contribution in [3.63, 3.8) is 0 Å². The van der Waals surface area contributed by atoms with E-state index >= 15 is 0 Å². The zero-order chi connectivity index (χ0) is 12.0. The summed E-state index contributed by atoms with van der Waals surface area (Å²) in [5.41, 5.74) is 2.06. The number of thioether (sulfide) groups is 1. The molecule has 0 aliphatic carbocycles. The van der Waals surface area contributed by atoms with Crippen LogP contribution in [0.15, 0.2) is 18.2 Å². The van der Waals surface area contributed by atoms with Crippen molar-refractivity contribution < 1.29 is 9.53 Å². The summed E-state index contributed by atoms with van der Waals surface area (Å²) in [7, 11) is 1.64. The molecule has 2 nitrogen and oxygen atoms in total. The maximum absolute atomic E-state index is 10.7. The van der Waals surface area contributed by atoms with Crippen molar-refractivity contribution in [3.05, 3.63) is 29.3 Å². The van der Waals surface area contributed by atoms with Crippen LogP contribution in [-0.2, 0) is 4.79 Å². The molecule has 0 N–H and O–H groups in total. The van der Waals surface area contributed by atoms with Crippen LogP contribution in [0.3, 0.4) is 0 Å². The maximum Gasteiger partial charge on any atom is 0.186 e. The van der Waals surface area contributed by atoms with Gasteiger partial charge in [-0.25, -0.2) is 0 Å². The SMILES string of the molecule is COc1ccc(C#CCSC(C)=O)c(C)c1. The molecular formula is C13H14O2S. The molecule has 3 heteroatoms. The number of rotatable bonds is 2. The molecule has 0 aliphatic rings. The highest BCUT2D eigenvalue weighted by molar-refractivity contribution is 8.13. The normalized spacial score (nSPS) is 9.19. The fourth-order valence-electron chi connectivity index (χ4n) is 1.17. The van der Waals surface area contributed by atoms with Crippen molar-refractivity contribution in [2.75, 3.05) is 12.9 Å². The monoisotopic (exact) mass is 234 g/mol. The van der Waals surface area contributed by atoms with E-state index in [1.54, 1.807) is 14.0 Å². The van der Waals surface area contributed by atoms with Crippen LogP contribution in [0.25, 0.3) is 0 Å². The lowest BCUT2D eigenvalue weighted by Gasteiger charge is -2.02. The number of hydrogen-bond donors (Lipinski definition) is 0. The molecule has 1 rings (SSSR count). The summed E-state index contributed by atoms with van der Waals surface area (Å²) in [6.07, 6.45) is 0. The summed E-state index contributed by atoms with van der Waals surface area (Å²) in [6, 6.07) is 5.76. The van der Waals surface area contributed by atoms with Crippen LogP contribution in [0.2, 0.25) is 0 Å². The number of methoxy groups -OCH3 is 1. The summed E-state index contributed by atoms with van der Waals surface area (Å²) in [5.74, 6) is 7.38. The largest absolute Gasteiger partial charge is 0.497 e. The van der Waals surface area contributed by atoms with Gasteiger partial charge in [0.05, 0.1) is 12.9 Å². The Balaban J connectivity index is 2.70. The fraction of sp³-hybridized carbons (Fsp3) is 0.308. The van der Waals surface area contributed by atoms with Crippen LogP contribution in [0, 0.1) is 18.8 Å². The van der Waals surface area contributed by atoms with E-state index in [2.05, 4.69) is 11.8 Å². The minimum Gasteiger partial charge on any atom is -0.497 e. The van der Waals surface area contributed by atoms with E-state index in [0.717, 1.165) is 16.9 Å². The molecule has 0 heterocycles. The molecule has 0 fully saturated rings. The van der Waals surface area contributed by atoms with Gasteiger partial charge in [-0.3, -0.25) is 4.79 Å². The zero-order valence-electron chi connectivity index (χ0n) is 9.66. The van der Waals surface area contributed by atoms with E-state index in [1.807, 2.05) is 25.1 Å². The van der Waals surface area contributed by atoms with E-state index in [9.17, 15) is 4.79 Å². The van der Waals surface area contributed by atoms with E-state index in [-0.39, 0.29) is 5.12 Å². The van der Waals surface area contributed by atoms with Gasteiger partial charge in [0, 0.05) is 12.5 Å². The van der Waals surface area contributed by atoms with Gasteiger partial charge in [0.1, 0.15) is 5.75 Å². The molecule has 84 valence electrons. The Hall–Kier alpha value is -1.40. The first-order valence-electron chi connectivity index (χ1n) is 4.90. The second-order valence-corrected chi connectivity index (χ2v) is 4.42. The third-order valence-electron chi connectivity index (χ3n) is 2.00. The first-order chi connectivity index (χ1) is 7.63. The number of carbonyl (C=O) groups excluding carboxylic acids is 1. The lowest BCUT2D eigenvalue weighted by molar-refractivity contribution is -0.109. The third kappa shape index (κ3) is 4.00. The molecular weight excluding hydrogens is 220 g/mol. The lowest BCUT2D eigenvalue weighted by atomic mass is 10.1. The average molecular weight is 234 g/mol. The van der Waals surface area contributed by atoms with E-state index in [4.69, 9.17) is 4.74 Å². The quantitative estimate of drug-likeness (QED) is 0.736. The molecule has 0 bridgehead atoms. The minimum atomic E-state index is 0.0979. The summed E-state index contributed by atoms with van der Waals surface area (Å²) < 4.78 is 5.11. The van der Waals surface area contributed by atoms with Gasteiger partial charge < -0.3 is 4.74 Å². The van der Waals surface area contributed by atoms with Gasteiger partial charge in [-0.1, -0.05) is 23.6 Å². The van der Waals surface area contributed by atoms with Gasteiger partial charge in [0.15, 0.2) is 5.12 Å². The highest BCUT2D eigenvalue weighted by Crippen LogP contribution is 2.15. The molecule has 0 unspecified atom stereocenters. The van der Waals surface area contributed by atoms with Crippen molar-refractivity contribution in [2.45, 2.75) is 13.8 Å². The molecule has 0 saturated heterocycles. The van der Waals surface area contributed by atoms with Crippen molar-refractivity contribution in [3.8, 4) is 17.6 Å². The fourth-order valence-corrected chi connectivity index (χ4v) is 1.52. The van der Waals surface area contributed by atoms with Crippen molar-refractivity contribution in [1.82, 2.24) is 0 Å². The molecule has 0 atom stereocenters. The Morgan fingerprint density at radius 1 is 1.50 bits per heavy atom. The Bertz CT molecular complexity index is 441. The summed E-state index contributed by atoms with van der Waals surface area (Å²) in [6.45, 7) is 3.54. The highest BCUT2D eigenvalue weighted by atomic mass is 32.2. The number of hydrogen-bond acceptors (Lipinski definition) is 3. The van der Waals surface area contributed by atoms with Gasteiger partial charge in [-0.2, -0.15) is 0 Å². The highest BCUT2D eigenvalue weighted by Gasteiger charge is 1.96. The predicted octanol–water partition coefficient (Wildman–Crippen LogP) is 2.63. The summed E-state index contributed by atoms with van der Waals surface area (Å²) in [5, 5.41) is 0.0979. The topological polar surface area (TPSA) is 26.3 Å². The number of benzene rings is 1. The summed E-state index contributed by atoms with van der Waals surface area (Å²) >= 11 is 1.23. The predicted molar refractivity (Wildman–Crippen MR) is 67.7 cm³/mol. The molecule has 0 amide bonds. The number of ether oxygens (including phenoxy) is 1. The van der Waals surface area contributed by atoms with Crippen LogP contribution >= 0.6 is 11.8 Å². The van der Waals surface area contributed by atoms with Gasteiger partial charge >= 0.3 is 0 Å². The Morgan fingerprint density at radius 3 is 2.81 bits per heavy atom. The van der Waals surface area contributed by atoms with E-state index in [0.29, 0.717) is 5.75 Å².